The molecule has 88 valence electrons. The second-order valence-corrected chi connectivity index (χ2v) is 4.55. The molecule has 2 aromatic rings. The molecular weight excluding hydrogens is 278 g/mol. The number of nitrogens with one attached hydrogen (secondary N) is 1. The van der Waals surface area contributed by atoms with Crippen LogP contribution >= 0.6 is 15.9 Å². The van der Waals surface area contributed by atoms with Gasteiger partial charge in [-0.1, -0.05) is 34.1 Å². The summed E-state index contributed by atoms with van der Waals surface area (Å²) in [6.07, 6.45) is 2.65. The van der Waals surface area contributed by atoms with Crippen molar-refractivity contribution in [1.29, 1.82) is 0 Å². The fourth-order valence-corrected chi connectivity index (χ4v) is 2.06. The first-order chi connectivity index (χ1) is 8.31. The van der Waals surface area contributed by atoms with Crippen LogP contribution in [-0.4, -0.2) is 23.6 Å². The van der Waals surface area contributed by atoms with E-state index in [9.17, 15) is 0 Å². The van der Waals surface area contributed by atoms with E-state index in [1.54, 1.807) is 0 Å². The molecule has 0 saturated heterocycles. The molecule has 1 aromatic heterocycles. The quantitative estimate of drug-likeness (QED) is 0.941. The lowest BCUT2D eigenvalue weighted by Gasteiger charge is -2.05. The molecule has 0 amide bonds. The number of halogens is 1. The fraction of sp³-hybridized carbons (Fsp3) is 0.231. The second-order valence-electron chi connectivity index (χ2n) is 3.69. The minimum atomic E-state index is 0.842. The molecule has 1 N–H and O–H groups in total. The maximum absolute atomic E-state index is 4.56. The molecule has 0 radical (unpaired) electrons. The zero-order valence-corrected chi connectivity index (χ0v) is 11.2. The second kappa shape index (κ2) is 5.89. The van der Waals surface area contributed by atoms with Gasteiger partial charge in [0.15, 0.2) is 0 Å². The Bertz CT molecular complexity index is 500. The Morgan fingerprint density at radius 2 is 2.06 bits per heavy atom. The summed E-state index contributed by atoms with van der Waals surface area (Å²) in [6.45, 7) is 0.888. The topological polar surface area (TPSA) is 37.8 Å². The van der Waals surface area contributed by atoms with Crippen molar-refractivity contribution >= 4 is 15.9 Å². The van der Waals surface area contributed by atoms with E-state index in [-0.39, 0.29) is 0 Å². The molecule has 0 spiro atoms. The highest BCUT2D eigenvalue weighted by Crippen LogP contribution is 2.25. The molecule has 17 heavy (non-hydrogen) atoms. The predicted octanol–water partition coefficient (Wildman–Crippen LogP) is 2.67. The van der Waals surface area contributed by atoms with Gasteiger partial charge >= 0.3 is 0 Å². The summed E-state index contributed by atoms with van der Waals surface area (Å²) in [7, 11) is 1.93. The van der Waals surface area contributed by atoms with Crippen molar-refractivity contribution in [3.8, 4) is 11.3 Å². The molecule has 3 nitrogen and oxygen atoms in total. The summed E-state index contributed by atoms with van der Waals surface area (Å²) in [5, 5.41) is 3.10. The van der Waals surface area contributed by atoms with Gasteiger partial charge in [0.1, 0.15) is 5.82 Å². The number of nitrogens with zero attached hydrogens (tertiary/aromatic N) is 2. The summed E-state index contributed by atoms with van der Waals surface area (Å²) in [5.41, 5.74) is 2.05. The molecule has 4 heteroatoms. The lowest BCUT2D eigenvalue weighted by Crippen LogP contribution is -2.12. The van der Waals surface area contributed by atoms with Crippen LogP contribution in [-0.2, 0) is 6.42 Å². The van der Waals surface area contributed by atoms with E-state index in [1.807, 2.05) is 43.6 Å². The van der Waals surface area contributed by atoms with Crippen molar-refractivity contribution in [2.45, 2.75) is 6.42 Å². The Morgan fingerprint density at radius 3 is 2.82 bits per heavy atom. The van der Waals surface area contributed by atoms with Crippen LogP contribution in [0.2, 0.25) is 0 Å². The molecule has 0 saturated carbocycles. The Labute approximate surface area is 109 Å². The lowest BCUT2D eigenvalue weighted by atomic mass is 10.1. The van der Waals surface area contributed by atoms with Crippen LogP contribution in [0.15, 0.2) is 41.0 Å². The zero-order valence-electron chi connectivity index (χ0n) is 9.65. The third-order valence-electron chi connectivity index (χ3n) is 2.45. The third kappa shape index (κ3) is 3.11. The number of hydrogen-bond donors (Lipinski definition) is 1. The molecule has 0 aliphatic carbocycles. The maximum atomic E-state index is 4.56. The largest absolute Gasteiger partial charge is 0.319 e. The molecular formula is C13H14BrN3. The van der Waals surface area contributed by atoms with E-state index in [0.717, 1.165) is 34.5 Å². The predicted molar refractivity (Wildman–Crippen MR) is 72.8 cm³/mol. The average Bonchev–Trinajstić information content (AvgIpc) is 2.37. The van der Waals surface area contributed by atoms with E-state index in [1.165, 1.54) is 0 Å². The Morgan fingerprint density at radius 1 is 1.24 bits per heavy atom. The first-order valence-electron chi connectivity index (χ1n) is 5.52. The minimum Gasteiger partial charge on any atom is -0.319 e. The van der Waals surface area contributed by atoms with E-state index in [4.69, 9.17) is 0 Å². The van der Waals surface area contributed by atoms with Gasteiger partial charge in [-0.05, 0) is 19.2 Å². The van der Waals surface area contributed by atoms with Gasteiger partial charge in [-0.25, -0.2) is 9.97 Å². The standard InChI is InChI=1S/C13H14BrN3/c1-15-8-7-13-16-9-6-12(17-13)10-4-2-3-5-11(10)14/h2-6,9,15H,7-8H2,1H3. The molecule has 0 bridgehead atoms. The summed E-state index contributed by atoms with van der Waals surface area (Å²) in [5.74, 6) is 0.868. The monoisotopic (exact) mass is 291 g/mol. The van der Waals surface area contributed by atoms with Crippen molar-refractivity contribution in [2.24, 2.45) is 0 Å². The van der Waals surface area contributed by atoms with Crippen LogP contribution in [0, 0.1) is 0 Å². The Kier molecular flexibility index (Phi) is 4.23. The highest BCUT2D eigenvalue weighted by Gasteiger charge is 2.05. The highest BCUT2D eigenvalue weighted by molar-refractivity contribution is 9.10. The fourth-order valence-electron chi connectivity index (χ4n) is 1.58. The van der Waals surface area contributed by atoms with E-state index in [0.29, 0.717) is 0 Å². The smallest absolute Gasteiger partial charge is 0.130 e. The summed E-state index contributed by atoms with van der Waals surface area (Å²) < 4.78 is 1.05. The van der Waals surface area contributed by atoms with Crippen molar-refractivity contribution in [3.63, 3.8) is 0 Å². The molecule has 0 aliphatic heterocycles. The average molecular weight is 292 g/mol. The summed E-state index contributed by atoms with van der Waals surface area (Å²) >= 11 is 3.54. The van der Waals surface area contributed by atoms with E-state index >= 15 is 0 Å². The van der Waals surface area contributed by atoms with Gasteiger partial charge in [0.25, 0.3) is 0 Å². The Balaban J connectivity index is 2.30. The van der Waals surface area contributed by atoms with Crippen LogP contribution < -0.4 is 5.32 Å². The van der Waals surface area contributed by atoms with E-state index in [2.05, 4.69) is 31.2 Å². The van der Waals surface area contributed by atoms with Gasteiger partial charge in [0.2, 0.25) is 0 Å². The summed E-state index contributed by atoms with van der Waals surface area (Å²) in [4.78, 5) is 8.83. The van der Waals surface area contributed by atoms with Crippen LogP contribution in [0.25, 0.3) is 11.3 Å². The van der Waals surface area contributed by atoms with Crippen molar-refractivity contribution < 1.29 is 0 Å². The number of benzene rings is 1. The van der Waals surface area contributed by atoms with Gasteiger partial charge in [-0.3, -0.25) is 0 Å². The van der Waals surface area contributed by atoms with Crippen LogP contribution in [0.1, 0.15) is 5.82 Å². The molecule has 1 aromatic carbocycles. The van der Waals surface area contributed by atoms with E-state index < -0.39 is 0 Å². The molecule has 0 aliphatic rings. The van der Waals surface area contributed by atoms with Crippen molar-refractivity contribution in [3.05, 3.63) is 46.8 Å². The number of likely N-dealkylation sites (N-methyl/N-ethyl adjacent to an activating group) is 1. The highest BCUT2D eigenvalue weighted by atomic mass is 79.9. The third-order valence-corrected chi connectivity index (χ3v) is 3.15. The molecule has 2 rings (SSSR count). The first-order valence-corrected chi connectivity index (χ1v) is 6.32. The lowest BCUT2D eigenvalue weighted by molar-refractivity contribution is 0.756. The molecule has 0 fully saturated rings. The number of hydrogen-bond acceptors (Lipinski definition) is 3. The van der Waals surface area contributed by atoms with Crippen molar-refractivity contribution in [2.75, 3.05) is 13.6 Å². The van der Waals surface area contributed by atoms with Crippen LogP contribution in [0.5, 0.6) is 0 Å². The molecule has 1 heterocycles. The summed E-state index contributed by atoms with van der Waals surface area (Å²) in [6, 6.07) is 10.0. The van der Waals surface area contributed by atoms with Crippen LogP contribution in [0.4, 0.5) is 0 Å². The maximum Gasteiger partial charge on any atom is 0.130 e. The molecule has 0 atom stereocenters. The van der Waals surface area contributed by atoms with Crippen LogP contribution in [0.3, 0.4) is 0 Å². The van der Waals surface area contributed by atoms with Gasteiger partial charge < -0.3 is 5.32 Å². The van der Waals surface area contributed by atoms with Gasteiger partial charge in [0, 0.05) is 29.2 Å². The SMILES string of the molecule is CNCCc1nccc(-c2ccccc2Br)n1. The van der Waals surface area contributed by atoms with Gasteiger partial charge in [0.05, 0.1) is 5.69 Å². The minimum absolute atomic E-state index is 0.842. The molecule has 0 unspecified atom stereocenters. The van der Waals surface area contributed by atoms with Gasteiger partial charge in [-0.2, -0.15) is 0 Å². The zero-order chi connectivity index (χ0) is 12.1. The number of rotatable bonds is 4. The Hall–Kier alpha value is -1.26. The van der Waals surface area contributed by atoms with Crippen molar-refractivity contribution in [1.82, 2.24) is 15.3 Å². The van der Waals surface area contributed by atoms with Gasteiger partial charge in [-0.15, -0.1) is 0 Å². The first kappa shape index (κ1) is 12.2. The number of aromatic nitrogens is 2. The normalized spacial score (nSPS) is 10.5.